The summed E-state index contributed by atoms with van der Waals surface area (Å²) >= 11 is 3.31. The Hall–Kier alpha value is -0.410. The molecular weight excluding hydrogens is 259 g/mol. The van der Waals surface area contributed by atoms with Gasteiger partial charge >= 0.3 is 0 Å². The third-order valence-electron chi connectivity index (χ3n) is 2.65. The van der Waals surface area contributed by atoms with Crippen LogP contribution in [0.15, 0.2) is 22.7 Å². The Labute approximate surface area is 98.4 Å². The van der Waals surface area contributed by atoms with Crippen LogP contribution in [0.25, 0.3) is 0 Å². The van der Waals surface area contributed by atoms with Gasteiger partial charge in [-0.3, -0.25) is 0 Å². The fourth-order valence-electron chi connectivity index (χ4n) is 1.63. The maximum absolute atomic E-state index is 12.9. The molecule has 0 aromatic heterocycles. The fraction of sp³-hybridized carbons (Fsp3) is 0.500. The molecule has 0 amide bonds. The first kappa shape index (κ1) is 12.7. The van der Waals surface area contributed by atoms with Crippen molar-refractivity contribution in [3.63, 3.8) is 0 Å². The molecule has 15 heavy (non-hydrogen) atoms. The molecule has 0 aliphatic carbocycles. The molecule has 1 N–H and O–H groups in total. The van der Waals surface area contributed by atoms with Crippen LogP contribution in [0.3, 0.4) is 0 Å². The number of halogens is 2. The average Bonchev–Trinajstić information content (AvgIpc) is 2.15. The van der Waals surface area contributed by atoms with E-state index in [0.717, 1.165) is 10.0 Å². The van der Waals surface area contributed by atoms with Gasteiger partial charge in [-0.15, -0.1) is 0 Å². The van der Waals surface area contributed by atoms with Gasteiger partial charge in [-0.1, -0.05) is 42.8 Å². The second-order valence-corrected chi connectivity index (χ2v) is 5.04. The van der Waals surface area contributed by atoms with Gasteiger partial charge in [0.1, 0.15) is 5.82 Å². The minimum atomic E-state index is -0.410. The molecule has 84 valence electrons. The van der Waals surface area contributed by atoms with E-state index in [1.165, 1.54) is 12.1 Å². The van der Waals surface area contributed by atoms with E-state index in [4.69, 9.17) is 0 Å². The van der Waals surface area contributed by atoms with Crippen molar-refractivity contribution in [2.24, 2.45) is 5.92 Å². The van der Waals surface area contributed by atoms with Crippen LogP contribution in [0.1, 0.15) is 32.3 Å². The average molecular weight is 275 g/mol. The van der Waals surface area contributed by atoms with Gasteiger partial charge in [0, 0.05) is 10.4 Å². The summed E-state index contributed by atoms with van der Waals surface area (Å²) in [4.78, 5) is 0. The Morgan fingerprint density at radius 2 is 1.87 bits per heavy atom. The van der Waals surface area contributed by atoms with Gasteiger partial charge in [-0.25, -0.2) is 4.39 Å². The molecule has 2 unspecified atom stereocenters. The van der Waals surface area contributed by atoms with E-state index in [-0.39, 0.29) is 17.7 Å². The maximum Gasteiger partial charge on any atom is 0.124 e. The predicted octanol–water partition coefficient (Wildman–Crippen LogP) is 3.71. The zero-order valence-corrected chi connectivity index (χ0v) is 10.8. The summed E-state index contributed by atoms with van der Waals surface area (Å²) in [6, 6.07) is 4.57. The van der Waals surface area contributed by atoms with Crippen molar-refractivity contribution < 1.29 is 9.50 Å². The van der Waals surface area contributed by atoms with E-state index in [9.17, 15) is 9.50 Å². The molecule has 0 saturated carbocycles. The molecule has 1 nitrogen and oxygen atoms in total. The normalized spacial score (nSPS) is 15.4. The lowest BCUT2D eigenvalue weighted by Gasteiger charge is -2.23. The predicted molar refractivity (Wildman–Crippen MR) is 63.4 cm³/mol. The van der Waals surface area contributed by atoms with Gasteiger partial charge in [0.15, 0.2) is 0 Å². The highest BCUT2D eigenvalue weighted by Crippen LogP contribution is 2.30. The molecule has 1 rings (SSSR count). The Balaban J connectivity index is 2.96. The van der Waals surface area contributed by atoms with Crippen LogP contribution in [-0.4, -0.2) is 11.2 Å². The number of hydrogen-bond donors (Lipinski definition) is 1. The lowest BCUT2D eigenvalue weighted by Crippen LogP contribution is -2.22. The number of aliphatic hydroxyl groups excluding tert-OH is 1. The summed E-state index contributed by atoms with van der Waals surface area (Å²) in [5.41, 5.74) is 0.942. The van der Waals surface area contributed by atoms with Crippen molar-refractivity contribution in [1.82, 2.24) is 0 Å². The molecular formula is C12H16BrFO. The van der Waals surface area contributed by atoms with E-state index >= 15 is 0 Å². The quantitative estimate of drug-likeness (QED) is 0.891. The molecule has 0 radical (unpaired) electrons. The lowest BCUT2D eigenvalue weighted by molar-refractivity contribution is 0.102. The first-order valence-corrected chi connectivity index (χ1v) is 5.85. The van der Waals surface area contributed by atoms with Crippen LogP contribution in [0, 0.1) is 11.7 Å². The van der Waals surface area contributed by atoms with Crippen molar-refractivity contribution in [3.8, 4) is 0 Å². The van der Waals surface area contributed by atoms with Crippen LogP contribution < -0.4 is 0 Å². The topological polar surface area (TPSA) is 20.2 Å². The van der Waals surface area contributed by atoms with Crippen LogP contribution in [0.5, 0.6) is 0 Å². The monoisotopic (exact) mass is 274 g/mol. The number of aliphatic hydroxyl groups is 1. The highest BCUT2D eigenvalue weighted by molar-refractivity contribution is 9.10. The van der Waals surface area contributed by atoms with Gasteiger partial charge in [0.2, 0.25) is 0 Å². The van der Waals surface area contributed by atoms with Crippen LogP contribution in [0.2, 0.25) is 0 Å². The molecule has 0 aliphatic rings. The summed E-state index contributed by atoms with van der Waals surface area (Å²) in [5.74, 6) is -0.0752. The Morgan fingerprint density at radius 3 is 2.33 bits per heavy atom. The molecule has 0 bridgehead atoms. The van der Waals surface area contributed by atoms with Crippen LogP contribution in [-0.2, 0) is 0 Å². The van der Waals surface area contributed by atoms with Crippen molar-refractivity contribution in [2.75, 3.05) is 0 Å². The summed E-state index contributed by atoms with van der Waals surface area (Å²) in [6.45, 7) is 5.89. The number of rotatable bonds is 3. The van der Waals surface area contributed by atoms with Crippen molar-refractivity contribution in [3.05, 3.63) is 34.1 Å². The van der Waals surface area contributed by atoms with E-state index < -0.39 is 6.10 Å². The molecule has 0 heterocycles. The zero-order valence-electron chi connectivity index (χ0n) is 9.17. The second kappa shape index (κ2) is 5.08. The fourth-order valence-corrected chi connectivity index (χ4v) is 2.34. The van der Waals surface area contributed by atoms with E-state index in [0.29, 0.717) is 0 Å². The highest BCUT2D eigenvalue weighted by Gasteiger charge is 2.21. The van der Waals surface area contributed by atoms with Crippen LogP contribution in [0.4, 0.5) is 4.39 Å². The summed E-state index contributed by atoms with van der Waals surface area (Å²) in [7, 11) is 0. The van der Waals surface area contributed by atoms with Gasteiger partial charge in [-0.05, 0) is 23.6 Å². The van der Waals surface area contributed by atoms with Gasteiger partial charge in [0.05, 0.1) is 6.10 Å². The summed E-state index contributed by atoms with van der Waals surface area (Å²) < 4.78 is 13.6. The summed E-state index contributed by atoms with van der Waals surface area (Å²) in [6.07, 6.45) is -0.410. The van der Waals surface area contributed by atoms with E-state index in [1.54, 1.807) is 6.07 Å². The Kier molecular flexibility index (Phi) is 4.29. The standard InChI is InChI=1S/C12H16BrFO/c1-7(2)12(15)8(3)10-5-4-9(14)6-11(10)13/h4-8,12,15H,1-3H3. The first-order valence-electron chi connectivity index (χ1n) is 5.06. The van der Waals surface area contributed by atoms with Crippen LogP contribution >= 0.6 is 15.9 Å². The maximum atomic E-state index is 12.9. The van der Waals surface area contributed by atoms with E-state index in [1.807, 2.05) is 20.8 Å². The molecule has 0 saturated heterocycles. The van der Waals surface area contributed by atoms with Crippen molar-refractivity contribution >= 4 is 15.9 Å². The Bertz CT molecular complexity index is 338. The molecule has 0 fully saturated rings. The third kappa shape index (κ3) is 3.02. The van der Waals surface area contributed by atoms with Crippen molar-refractivity contribution in [1.29, 1.82) is 0 Å². The lowest BCUT2D eigenvalue weighted by atomic mass is 9.89. The number of hydrogen-bond acceptors (Lipinski definition) is 1. The minimum Gasteiger partial charge on any atom is -0.392 e. The van der Waals surface area contributed by atoms with Gasteiger partial charge in [-0.2, -0.15) is 0 Å². The smallest absolute Gasteiger partial charge is 0.124 e. The van der Waals surface area contributed by atoms with Crippen molar-refractivity contribution in [2.45, 2.75) is 32.8 Å². The third-order valence-corrected chi connectivity index (χ3v) is 3.34. The molecule has 2 atom stereocenters. The summed E-state index contributed by atoms with van der Waals surface area (Å²) in [5, 5.41) is 9.93. The highest BCUT2D eigenvalue weighted by atomic mass is 79.9. The first-order chi connectivity index (χ1) is 6.93. The SMILES string of the molecule is CC(C)C(O)C(C)c1ccc(F)cc1Br. The molecule has 0 spiro atoms. The minimum absolute atomic E-state index is 0.0000231. The zero-order chi connectivity index (χ0) is 11.6. The number of benzene rings is 1. The second-order valence-electron chi connectivity index (χ2n) is 4.19. The van der Waals surface area contributed by atoms with Gasteiger partial charge < -0.3 is 5.11 Å². The van der Waals surface area contributed by atoms with E-state index in [2.05, 4.69) is 15.9 Å². The Morgan fingerprint density at radius 1 is 1.27 bits per heavy atom. The van der Waals surface area contributed by atoms with Gasteiger partial charge in [0.25, 0.3) is 0 Å². The molecule has 1 aromatic rings. The molecule has 1 aromatic carbocycles. The largest absolute Gasteiger partial charge is 0.392 e. The molecule has 3 heteroatoms. The molecule has 0 aliphatic heterocycles.